The molecule has 0 spiro atoms. The second-order valence-corrected chi connectivity index (χ2v) is 14.1. The minimum Gasteiger partial charge on any atom is -0.870 e. The number of fused-ring (bicyclic) bond motifs is 2. The highest BCUT2D eigenvalue weighted by Gasteiger charge is 2.40. The third-order valence-corrected chi connectivity index (χ3v) is 10.5. The summed E-state index contributed by atoms with van der Waals surface area (Å²) in [5.74, 6) is 2.16. The molecule has 0 radical (unpaired) electrons. The largest absolute Gasteiger partial charge is 0.870 e. The van der Waals surface area contributed by atoms with Crippen molar-refractivity contribution in [3.63, 3.8) is 0 Å². The van der Waals surface area contributed by atoms with Gasteiger partial charge < -0.3 is 65.5 Å². The van der Waals surface area contributed by atoms with Crippen LogP contribution in [0.3, 0.4) is 0 Å². The van der Waals surface area contributed by atoms with E-state index in [1.165, 1.54) is 18.2 Å². The van der Waals surface area contributed by atoms with Crippen LogP contribution in [0.25, 0.3) is 0 Å². The summed E-state index contributed by atoms with van der Waals surface area (Å²) in [6, 6.07) is 19.5. The van der Waals surface area contributed by atoms with Crippen molar-refractivity contribution in [3.8, 4) is 46.0 Å². The van der Waals surface area contributed by atoms with Crippen molar-refractivity contribution < 1.29 is 65.5 Å². The maximum Gasteiger partial charge on any atom is 0.169 e. The molecule has 2 atom stereocenters. The van der Waals surface area contributed by atoms with Crippen LogP contribution >= 0.6 is 24.8 Å². The lowest BCUT2D eigenvalue weighted by Gasteiger charge is -2.44. The zero-order valence-corrected chi connectivity index (χ0v) is 32.5. The summed E-state index contributed by atoms with van der Waals surface area (Å²) >= 11 is 0. The van der Waals surface area contributed by atoms with Gasteiger partial charge in [-0.05, 0) is 64.4 Å². The van der Waals surface area contributed by atoms with Crippen LogP contribution in [0.15, 0.2) is 60.7 Å². The lowest BCUT2D eigenvalue weighted by atomic mass is 9.85. The number of nitrogens with zero attached hydrogens (tertiary/aromatic N) is 2. The molecule has 0 saturated heterocycles. The van der Waals surface area contributed by atoms with Crippen LogP contribution in [0, 0.1) is 0 Å². The predicted molar refractivity (Wildman–Crippen MR) is 205 cm³/mol. The molecule has 1 unspecified atom stereocenters. The highest BCUT2D eigenvalue weighted by atomic mass is 35.5. The zero-order chi connectivity index (χ0) is 32.4. The van der Waals surface area contributed by atoms with Gasteiger partial charge in [0, 0.05) is 31.2 Å². The van der Waals surface area contributed by atoms with Crippen LogP contribution in [0.4, 0.5) is 0 Å². The number of methoxy groups -OCH3 is 2. The molecule has 296 valence electrons. The van der Waals surface area contributed by atoms with Crippen molar-refractivity contribution in [2.75, 3.05) is 55.5 Å². The first-order chi connectivity index (χ1) is 22.0. The van der Waals surface area contributed by atoms with Crippen molar-refractivity contribution in [3.05, 3.63) is 94.0 Å². The van der Waals surface area contributed by atoms with Gasteiger partial charge in [-0.2, -0.15) is 0 Å². The molecule has 0 amide bonds. The lowest BCUT2D eigenvalue weighted by molar-refractivity contribution is -0.923. The molecule has 4 aromatic rings. The molecule has 0 aliphatic carbocycles. The highest BCUT2D eigenvalue weighted by Crippen LogP contribution is 2.50. The van der Waals surface area contributed by atoms with E-state index >= 15 is 0 Å². The number of ether oxygens (including phenoxy) is 4. The van der Waals surface area contributed by atoms with Crippen LogP contribution < -0.4 is 29.2 Å². The molecule has 53 heavy (non-hydrogen) atoms. The number of hydrogen-bond acceptors (Lipinski definition) is 6. The quantitative estimate of drug-likeness (QED) is 0.276. The van der Waals surface area contributed by atoms with Gasteiger partial charge in [-0.1, -0.05) is 30.0 Å². The number of quaternary nitrogens is 2. The van der Waals surface area contributed by atoms with Crippen molar-refractivity contribution in [1.29, 1.82) is 0 Å². The molecular formula is C38H54Cl2N2O11. The van der Waals surface area contributed by atoms with Crippen LogP contribution in [-0.4, -0.2) is 91.8 Å². The third-order valence-electron chi connectivity index (χ3n) is 10.5. The number of benzene rings is 4. The van der Waals surface area contributed by atoms with Crippen molar-refractivity contribution in [1.82, 2.24) is 0 Å². The van der Waals surface area contributed by atoms with Crippen molar-refractivity contribution in [2.45, 2.75) is 37.8 Å². The van der Waals surface area contributed by atoms with E-state index in [4.69, 9.17) is 18.9 Å². The van der Waals surface area contributed by atoms with Gasteiger partial charge in [0.05, 0.1) is 61.1 Å². The Hall–Kier alpha value is -4.02. The molecule has 4 aliphatic heterocycles. The Morgan fingerprint density at radius 2 is 1.17 bits per heavy atom. The van der Waals surface area contributed by atoms with Crippen LogP contribution in [-0.2, 0) is 25.7 Å². The molecule has 0 saturated carbocycles. The van der Waals surface area contributed by atoms with E-state index in [0.29, 0.717) is 33.9 Å². The van der Waals surface area contributed by atoms with Crippen molar-refractivity contribution in [2.24, 2.45) is 0 Å². The first kappa shape index (κ1) is 49.0. The summed E-state index contributed by atoms with van der Waals surface area (Å²) in [7, 11) is 12.1. The minimum absolute atomic E-state index is 0. The molecule has 13 nitrogen and oxygen atoms in total. The maximum atomic E-state index is 13.9. The first-order valence-corrected chi connectivity index (χ1v) is 16.0. The van der Waals surface area contributed by atoms with E-state index in [1.807, 2.05) is 30.3 Å². The molecule has 15 heteroatoms. The lowest BCUT2D eigenvalue weighted by Crippen LogP contribution is -2.48. The zero-order valence-electron chi connectivity index (χ0n) is 30.8. The van der Waals surface area contributed by atoms with E-state index in [0.717, 1.165) is 59.1 Å². The monoisotopic (exact) mass is 784 g/mol. The fraction of sp³-hybridized carbons (Fsp3) is 0.368. The summed E-state index contributed by atoms with van der Waals surface area (Å²) in [4.78, 5) is 0. The fourth-order valence-electron chi connectivity index (χ4n) is 7.59. The summed E-state index contributed by atoms with van der Waals surface area (Å²) in [5.41, 5.74) is 6.47. The molecule has 10 N–H and O–H groups in total. The predicted octanol–water partition coefficient (Wildman–Crippen LogP) is 2.30. The summed E-state index contributed by atoms with van der Waals surface area (Å²) in [6.07, 6.45) is 3.07. The average molecular weight is 786 g/mol. The van der Waals surface area contributed by atoms with Crippen LogP contribution in [0.5, 0.6) is 46.0 Å². The molecule has 0 aromatic heterocycles. The normalized spacial score (nSPS) is 18.0. The Balaban J connectivity index is 0.00000386. The van der Waals surface area contributed by atoms with Crippen LogP contribution in [0.1, 0.15) is 45.5 Å². The Morgan fingerprint density at radius 1 is 0.623 bits per heavy atom. The standard InChI is InChI=1S/C38H42N2O6.2ClH.5H2O/c1-39(2)15-13-25-20-33(43-5)34-22-28(25)29(39)17-23-7-10-27(11-8-23)45-38-36-26(21-35(44-6)37(38)42)14-16-40(3,4)30(36)18-24-9-12-31(41)32(19-24)46-34;;;;;;;/h7-12,19-22,29-30H,13-18H2,1-6H3;2*1H;5*1H2/t29-,30?;;;;;;;/m1......./s1. The Labute approximate surface area is 322 Å². The molecule has 4 aliphatic rings. The Morgan fingerprint density at radius 3 is 1.79 bits per heavy atom. The van der Waals surface area contributed by atoms with Crippen LogP contribution in [0.2, 0.25) is 0 Å². The average Bonchev–Trinajstić information content (AvgIpc) is 3.03. The molecule has 8 rings (SSSR count). The van der Waals surface area contributed by atoms with Crippen molar-refractivity contribution >= 4 is 24.8 Å². The molecule has 4 aromatic carbocycles. The molecule has 4 heterocycles. The number of halogens is 2. The third kappa shape index (κ3) is 8.86. The number of likely N-dealkylation sites (N-methyl/N-ethyl adjacent to an activating group) is 2. The first-order valence-electron chi connectivity index (χ1n) is 16.0. The van der Waals surface area contributed by atoms with E-state index in [1.54, 1.807) is 13.2 Å². The molecule has 6 bridgehead atoms. The number of hydrogen-bond donors (Lipinski definition) is 0. The SMILES string of the molecule is COc1cc2c3cc1Oc1cc(ccc1[O-])CC1c4c(cc(OC)c([O-])c4Oc4ccc(cc4)C[C@H]3[N+](C)(C)CC2)CC[N+]1(C)C.Cl.Cl.O.O.O.O.O. The maximum absolute atomic E-state index is 13.9. The van der Waals surface area contributed by atoms with Gasteiger partial charge in [-0.3, -0.25) is 0 Å². The van der Waals surface area contributed by atoms with E-state index in [-0.39, 0.29) is 87.3 Å². The minimum atomic E-state index is -0.259. The smallest absolute Gasteiger partial charge is 0.169 e. The Bertz CT molecular complexity index is 1840. The topological polar surface area (TPSA) is 241 Å². The van der Waals surface area contributed by atoms with Gasteiger partial charge in [0.25, 0.3) is 0 Å². The summed E-state index contributed by atoms with van der Waals surface area (Å²) in [5, 5.41) is 27.1. The summed E-state index contributed by atoms with van der Waals surface area (Å²) < 4.78 is 25.8. The summed E-state index contributed by atoms with van der Waals surface area (Å²) in [6.45, 7) is 1.86. The van der Waals surface area contributed by atoms with E-state index in [9.17, 15) is 10.2 Å². The van der Waals surface area contributed by atoms with Gasteiger partial charge in [-0.25, -0.2) is 0 Å². The number of rotatable bonds is 2. The van der Waals surface area contributed by atoms with Gasteiger partial charge >= 0.3 is 0 Å². The Kier molecular flexibility index (Phi) is 17.0. The van der Waals surface area contributed by atoms with Gasteiger partial charge in [-0.15, -0.1) is 24.8 Å². The highest BCUT2D eigenvalue weighted by molar-refractivity contribution is 5.85. The second-order valence-electron chi connectivity index (χ2n) is 14.1. The molecular weight excluding hydrogens is 731 g/mol. The van der Waals surface area contributed by atoms with Gasteiger partial charge in [0.1, 0.15) is 35.1 Å². The van der Waals surface area contributed by atoms with E-state index in [2.05, 4.69) is 52.5 Å². The fourth-order valence-corrected chi connectivity index (χ4v) is 7.59. The van der Waals surface area contributed by atoms with Gasteiger partial charge in [0.15, 0.2) is 11.5 Å². The molecule has 0 fully saturated rings. The van der Waals surface area contributed by atoms with E-state index < -0.39 is 0 Å². The second kappa shape index (κ2) is 18.3. The van der Waals surface area contributed by atoms with Gasteiger partial charge in [0.2, 0.25) is 0 Å².